The monoisotopic (exact) mass is 195 g/mol. The van der Waals surface area contributed by atoms with Crippen LogP contribution in [0.2, 0.25) is 0 Å². The van der Waals surface area contributed by atoms with E-state index in [1.165, 1.54) is 6.07 Å². The summed E-state index contributed by atoms with van der Waals surface area (Å²) in [7, 11) is 0. The molecule has 0 atom stereocenters. The molecule has 14 heavy (non-hydrogen) atoms. The zero-order valence-corrected chi connectivity index (χ0v) is 7.99. The minimum Gasteiger partial charge on any atom is -0.393 e. The number of nitro benzene ring substituents is 1. The van der Waals surface area contributed by atoms with E-state index in [0.29, 0.717) is 12.2 Å². The first kappa shape index (κ1) is 10.3. The predicted octanol–water partition coefficient (Wildman–Crippen LogP) is 2.00. The van der Waals surface area contributed by atoms with Gasteiger partial charge in [0.1, 0.15) is 11.4 Å². The molecule has 0 fully saturated rings. The van der Waals surface area contributed by atoms with Crippen molar-refractivity contribution in [2.24, 2.45) is 0 Å². The van der Waals surface area contributed by atoms with Crippen molar-refractivity contribution in [3.05, 3.63) is 28.3 Å². The third-order valence-electron chi connectivity index (χ3n) is 1.82. The Bertz CT molecular complexity index is 339. The Hall–Kier alpha value is -1.78. The zero-order valence-electron chi connectivity index (χ0n) is 7.99. The lowest BCUT2D eigenvalue weighted by Gasteiger charge is -2.06. The number of nitrogens with two attached hydrogens (primary N) is 1. The van der Waals surface area contributed by atoms with Gasteiger partial charge in [-0.1, -0.05) is 13.0 Å². The van der Waals surface area contributed by atoms with Crippen LogP contribution in [0.25, 0.3) is 0 Å². The number of nitrogens with zero attached hydrogens (tertiary/aromatic N) is 1. The highest BCUT2D eigenvalue weighted by atomic mass is 16.6. The molecule has 5 nitrogen and oxygen atoms in total. The van der Waals surface area contributed by atoms with Crippen molar-refractivity contribution in [3.8, 4) is 0 Å². The molecule has 0 aliphatic rings. The lowest BCUT2D eigenvalue weighted by Crippen LogP contribution is -2.05. The summed E-state index contributed by atoms with van der Waals surface area (Å²) in [5.74, 6) is 0. The minimum absolute atomic E-state index is 0.0408. The molecule has 0 amide bonds. The number of nitrogens with one attached hydrogen (secondary N) is 1. The topological polar surface area (TPSA) is 81.2 Å². The second kappa shape index (κ2) is 4.45. The van der Waals surface area contributed by atoms with Crippen molar-refractivity contribution in [3.63, 3.8) is 0 Å². The molecule has 0 saturated heterocycles. The Morgan fingerprint density at radius 3 is 2.86 bits per heavy atom. The van der Waals surface area contributed by atoms with Gasteiger partial charge in [0, 0.05) is 6.54 Å². The second-order valence-corrected chi connectivity index (χ2v) is 2.93. The minimum atomic E-state index is -0.465. The summed E-state index contributed by atoms with van der Waals surface area (Å²) in [5.41, 5.74) is 6.15. The maximum Gasteiger partial charge on any atom is 0.314 e. The van der Waals surface area contributed by atoms with Crippen LogP contribution >= 0.6 is 0 Å². The third kappa shape index (κ3) is 2.12. The summed E-state index contributed by atoms with van der Waals surface area (Å²) in [6.45, 7) is 2.69. The van der Waals surface area contributed by atoms with Crippen molar-refractivity contribution < 1.29 is 4.92 Å². The standard InChI is InChI=1S/C9H13N3O2/c1-2-6-11-8-5-3-4-7(10)9(8)12(13)14/h3-5,11H,2,6,10H2,1H3. The van der Waals surface area contributed by atoms with Gasteiger partial charge >= 0.3 is 5.69 Å². The zero-order chi connectivity index (χ0) is 10.6. The van der Waals surface area contributed by atoms with Crippen molar-refractivity contribution >= 4 is 17.1 Å². The fourth-order valence-electron chi connectivity index (χ4n) is 1.17. The fourth-order valence-corrected chi connectivity index (χ4v) is 1.17. The number of rotatable bonds is 4. The van der Waals surface area contributed by atoms with Crippen molar-refractivity contribution in [2.45, 2.75) is 13.3 Å². The summed E-state index contributed by atoms with van der Waals surface area (Å²) < 4.78 is 0. The van der Waals surface area contributed by atoms with Gasteiger partial charge in [-0.2, -0.15) is 0 Å². The van der Waals surface area contributed by atoms with E-state index in [4.69, 9.17) is 5.73 Å². The highest BCUT2D eigenvalue weighted by Gasteiger charge is 2.16. The number of para-hydroxylation sites is 1. The molecular formula is C9H13N3O2. The Kier molecular flexibility index (Phi) is 3.28. The Balaban J connectivity index is 3.02. The first-order valence-electron chi connectivity index (χ1n) is 4.43. The third-order valence-corrected chi connectivity index (χ3v) is 1.82. The number of nitro groups is 1. The molecule has 0 spiro atoms. The van der Waals surface area contributed by atoms with Crippen LogP contribution in [-0.2, 0) is 0 Å². The highest BCUT2D eigenvalue weighted by molar-refractivity contribution is 5.74. The van der Waals surface area contributed by atoms with E-state index < -0.39 is 4.92 Å². The van der Waals surface area contributed by atoms with Crippen LogP contribution in [0.5, 0.6) is 0 Å². The summed E-state index contributed by atoms with van der Waals surface area (Å²) in [5, 5.41) is 13.7. The Morgan fingerprint density at radius 2 is 2.29 bits per heavy atom. The molecule has 0 radical (unpaired) electrons. The second-order valence-electron chi connectivity index (χ2n) is 2.93. The molecule has 1 rings (SSSR count). The number of anilines is 2. The van der Waals surface area contributed by atoms with E-state index in [2.05, 4.69) is 5.32 Å². The molecule has 5 heteroatoms. The smallest absolute Gasteiger partial charge is 0.314 e. The Morgan fingerprint density at radius 1 is 1.57 bits per heavy atom. The van der Waals surface area contributed by atoms with Gasteiger partial charge in [-0.05, 0) is 18.6 Å². The SMILES string of the molecule is CCCNc1cccc(N)c1[N+](=O)[O-]. The molecule has 3 N–H and O–H groups in total. The van der Waals surface area contributed by atoms with Crippen LogP contribution in [0, 0.1) is 10.1 Å². The molecule has 76 valence electrons. The van der Waals surface area contributed by atoms with E-state index in [1.54, 1.807) is 12.1 Å². The number of nitrogen functional groups attached to an aromatic ring is 1. The van der Waals surface area contributed by atoms with Crippen LogP contribution in [-0.4, -0.2) is 11.5 Å². The maximum absolute atomic E-state index is 10.7. The van der Waals surface area contributed by atoms with Crippen LogP contribution in [0.3, 0.4) is 0 Å². The average molecular weight is 195 g/mol. The molecule has 0 saturated carbocycles. The highest BCUT2D eigenvalue weighted by Crippen LogP contribution is 2.30. The maximum atomic E-state index is 10.7. The molecular weight excluding hydrogens is 182 g/mol. The van der Waals surface area contributed by atoms with Gasteiger partial charge < -0.3 is 11.1 Å². The van der Waals surface area contributed by atoms with Gasteiger partial charge in [-0.15, -0.1) is 0 Å². The van der Waals surface area contributed by atoms with Gasteiger partial charge in [-0.3, -0.25) is 10.1 Å². The quantitative estimate of drug-likeness (QED) is 0.437. The number of hydrogen-bond donors (Lipinski definition) is 2. The van der Waals surface area contributed by atoms with Crippen LogP contribution in [0.4, 0.5) is 17.1 Å². The van der Waals surface area contributed by atoms with E-state index in [1.807, 2.05) is 6.92 Å². The molecule has 1 aromatic rings. The van der Waals surface area contributed by atoms with Gasteiger partial charge in [0.15, 0.2) is 0 Å². The molecule has 0 bridgehead atoms. The molecule has 0 heterocycles. The summed E-state index contributed by atoms with van der Waals surface area (Å²) >= 11 is 0. The lowest BCUT2D eigenvalue weighted by atomic mass is 10.2. The van der Waals surface area contributed by atoms with Crippen LogP contribution < -0.4 is 11.1 Å². The largest absolute Gasteiger partial charge is 0.393 e. The summed E-state index contributed by atoms with van der Waals surface area (Å²) in [4.78, 5) is 10.2. The number of benzene rings is 1. The first-order chi connectivity index (χ1) is 6.66. The lowest BCUT2D eigenvalue weighted by molar-refractivity contribution is -0.383. The first-order valence-corrected chi connectivity index (χ1v) is 4.43. The number of hydrogen-bond acceptors (Lipinski definition) is 4. The van der Waals surface area contributed by atoms with Gasteiger partial charge in [0.05, 0.1) is 4.92 Å². The normalized spacial score (nSPS) is 9.79. The van der Waals surface area contributed by atoms with Crippen molar-refractivity contribution in [1.82, 2.24) is 0 Å². The van der Waals surface area contributed by atoms with Gasteiger partial charge in [0.2, 0.25) is 0 Å². The van der Waals surface area contributed by atoms with E-state index in [0.717, 1.165) is 6.42 Å². The summed E-state index contributed by atoms with van der Waals surface area (Å²) in [6, 6.07) is 4.87. The van der Waals surface area contributed by atoms with E-state index in [-0.39, 0.29) is 11.4 Å². The fraction of sp³-hybridized carbons (Fsp3) is 0.333. The van der Waals surface area contributed by atoms with Crippen LogP contribution in [0.15, 0.2) is 18.2 Å². The van der Waals surface area contributed by atoms with E-state index in [9.17, 15) is 10.1 Å². The van der Waals surface area contributed by atoms with E-state index >= 15 is 0 Å². The molecule has 1 aromatic carbocycles. The molecule has 0 aliphatic carbocycles. The van der Waals surface area contributed by atoms with Crippen LogP contribution in [0.1, 0.15) is 13.3 Å². The van der Waals surface area contributed by atoms with Gasteiger partial charge in [0.25, 0.3) is 0 Å². The van der Waals surface area contributed by atoms with Gasteiger partial charge in [-0.25, -0.2) is 0 Å². The molecule has 0 aromatic heterocycles. The Labute approximate surface area is 82.1 Å². The average Bonchev–Trinajstić information content (AvgIpc) is 2.14. The summed E-state index contributed by atoms with van der Waals surface area (Å²) in [6.07, 6.45) is 0.909. The van der Waals surface area contributed by atoms with Crippen molar-refractivity contribution in [1.29, 1.82) is 0 Å². The predicted molar refractivity (Wildman–Crippen MR) is 56.3 cm³/mol. The van der Waals surface area contributed by atoms with Crippen molar-refractivity contribution in [2.75, 3.05) is 17.6 Å². The molecule has 0 aliphatic heterocycles. The molecule has 0 unspecified atom stereocenters.